The normalized spacial score (nSPS) is 11.4. The zero-order chi connectivity index (χ0) is 21.2. The van der Waals surface area contributed by atoms with Crippen LogP contribution in [0.2, 0.25) is 0 Å². The zero-order valence-corrected chi connectivity index (χ0v) is 17.0. The van der Waals surface area contributed by atoms with E-state index in [1.54, 1.807) is 30.3 Å². The van der Waals surface area contributed by atoms with E-state index in [2.05, 4.69) is 15.4 Å². The van der Waals surface area contributed by atoms with Crippen molar-refractivity contribution >= 4 is 39.6 Å². The topological polar surface area (TPSA) is 71.7 Å². The van der Waals surface area contributed by atoms with Gasteiger partial charge in [-0.2, -0.15) is 0 Å². The maximum absolute atomic E-state index is 12.9. The molecule has 0 unspecified atom stereocenters. The lowest BCUT2D eigenvalue weighted by Crippen LogP contribution is -2.20. The maximum atomic E-state index is 12.9. The Morgan fingerprint density at radius 3 is 2.35 bits per heavy atom. The summed E-state index contributed by atoms with van der Waals surface area (Å²) >= 11 is 5.39. The van der Waals surface area contributed by atoms with Crippen LogP contribution in [0.15, 0.2) is 106 Å². The van der Waals surface area contributed by atoms with E-state index in [1.807, 2.05) is 60.7 Å². The molecule has 0 radical (unpaired) electrons. The lowest BCUT2D eigenvalue weighted by molar-refractivity contribution is 0.316. The van der Waals surface area contributed by atoms with Crippen molar-refractivity contribution in [2.24, 2.45) is 10.4 Å². The summed E-state index contributed by atoms with van der Waals surface area (Å²) in [5, 5.41) is 10.6. The molecule has 0 aliphatic carbocycles. The predicted octanol–water partition coefficient (Wildman–Crippen LogP) is 6.28. The Bertz CT molecular complexity index is 1550. The Kier molecular flexibility index (Phi) is 4.86. The first-order valence-corrected chi connectivity index (χ1v) is 10.0. The number of para-hydroxylation sites is 1. The third-order valence-electron chi connectivity index (χ3n) is 4.96. The lowest BCUT2D eigenvalue weighted by atomic mass is 10.1. The van der Waals surface area contributed by atoms with E-state index in [4.69, 9.17) is 17.1 Å². The fourth-order valence-corrected chi connectivity index (χ4v) is 3.75. The fourth-order valence-electron chi connectivity index (χ4n) is 3.45. The minimum absolute atomic E-state index is 0.173. The van der Waals surface area contributed by atoms with E-state index < -0.39 is 0 Å². The summed E-state index contributed by atoms with van der Waals surface area (Å²) in [4.78, 5) is 21.5. The van der Waals surface area contributed by atoms with Crippen LogP contribution < -0.4 is 10.4 Å². The number of aromatic amines is 1. The van der Waals surface area contributed by atoms with Crippen molar-refractivity contribution in [3.63, 3.8) is 0 Å². The van der Waals surface area contributed by atoms with Gasteiger partial charge in [0.2, 0.25) is 0 Å². The Morgan fingerprint density at radius 1 is 0.806 bits per heavy atom. The molecule has 31 heavy (non-hydrogen) atoms. The monoisotopic (exact) mass is 424 g/mol. The number of hydrogen-bond donors (Lipinski definition) is 1. The number of aromatic nitrogens is 2. The van der Waals surface area contributed by atoms with Gasteiger partial charge in [0.25, 0.3) is 5.56 Å². The molecule has 0 amide bonds. The number of nitrogens with one attached hydrogen (secondary N) is 1. The standard InChI is InChI=1S/C24H16N4O2S/c29-23-20-9-3-4-10-21(20)25-24(31)28(23)18-14-12-17(13-15-18)26-27-30-22-11-5-7-16-6-1-2-8-19(16)22/h1-15H,(H,25,31). The van der Waals surface area contributed by atoms with E-state index >= 15 is 0 Å². The van der Waals surface area contributed by atoms with E-state index in [0.717, 1.165) is 10.8 Å². The smallest absolute Gasteiger partial charge is 0.266 e. The van der Waals surface area contributed by atoms with Crippen molar-refractivity contribution < 1.29 is 4.84 Å². The van der Waals surface area contributed by atoms with E-state index in [1.165, 1.54) is 4.57 Å². The van der Waals surface area contributed by atoms with Gasteiger partial charge in [0.1, 0.15) is 0 Å². The average molecular weight is 424 g/mol. The van der Waals surface area contributed by atoms with Gasteiger partial charge in [-0.05, 0) is 60.1 Å². The summed E-state index contributed by atoms with van der Waals surface area (Å²) in [5.41, 5.74) is 1.77. The molecule has 5 rings (SSSR count). The molecule has 6 nitrogen and oxygen atoms in total. The number of fused-ring (bicyclic) bond motifs is 2. The van der Waals surface area contributed by atoms with Crippen molar-refractivity contribution in [3.8, 4) is 11.4 Å². The van der Waals surface area contributed by atoms with Crippen molar-refractivity contribution in [1.29, 1.82) is 0 Å². The Labute approximate surface area is 182 Å². The Hall–Kier alpha value is -4.10. The number of nitrogens with zero attached hydrogens (tertiary/aromatic N) is 3. The van der Waals surface area contributed by atoms with Gasteiger partial charge >= 0.3 is 0 Å². The largest absolute Gasteiger partial charge is 0.339 e. The molecule has 1 aromatic heterocycles. The molecule has 5 aromatic rings. The maximum Gasteiger partial charge on any atom is 0.266 e. The van der Waals surface area contributed by atoms with Crippen LogP contribution in [-0.4, -0.2) is 9.55 Å². The van der Waals surface area contributed by atoms with Gasteiger partial charge in [0, 0.05) is 10.7 Å². The molecular formula is C24H16N4O2S. The predicted molar refractivity (Wildman–Crippen MR) is 124 cm³/mol. The molecule has 0 spiro atoms. The van der Waals surface area contributed by atoms with Gasteiger partial charge in [-0.15, -0.1) is 5.11 Å². The second kappa shape index (κ2) is 7.97. The third-order valence-corrected chi connectivity index (χ3v) is 5.24. The zero-order valence-electron chi connectivity index (χ0n) is 16.2. The molecule has 0 aliphatic heterocycles. The molecule has 0 saturated carbocycles. The quantitative estimate of drug-likeness (QED) is 0.210. The van der Waals surface area contributed by atoms with Crippen molar-refractivity contribution in [2.45, 2.75) is 0 Å². The van der Waals surface area contributed by atoms with Crippen LogP contribution in [0.4, 0.5) is 5.69 Å². The molecule has 0 bridgehead atoms. The third kappa shape index (κ3) is 3.62. The molecule has 0 aliphatic rings. The molecule has 0 atom stereocenters. The second-order valence-corrected chi connectivity index (χ2v) is 7.27. The molecule has 150 valence electrons. The first-order chi connectivity index (χ1) is 15.2. The average Bonchev–Trinajstić information content (AvgIpc) is 2.80. The molecule has 0 fully saturated rings. The summed E-state index contributed by atoms with van der Waals surface area (Å²) in [6.07, 6.45) is 0. The fraction of sp³-hybridized carbons (Fsp3) is 0. The number of rotatable bonds is 4. The highest BCUT2D eigenvalue weighted by Gasteiger charge is 2.07. The summed E-state index contributed by atoms with van der Waals surface area (Å²) < 4.78 is 1.79. The van der Waals surface area contributed by atoms with Gasteiger partial charge in [-0.1, -0.05) is 48.5 Å². The summed E-state index contributed by atoms with van der Waals surface area (Å²) in [7, 11) is 0. The summed E-state index contributed by atoms with van der Waals surface area (Å²) in [5.74, 6) is 0.632. The summed E-state index contributed by atoms with van der Waals surface area (Å²) in [6.45, 7) is 0. The molecule has 7 heteroatoms. The molecule has 1 N–H and O–H groups in total. The Balaban J connectivity index is 1.41. The van der Waals surface area contributed by atoms with Gasteiger partial charge < -0.3 is 9.82 Å². The lowest BCUT2D eigenvalue weighted by Gasteiger charge is -2.08. The minimum atomic E-state index is -0.173. The number of hydrogen-bond acceptors (Lipinski definition) is 5. The van der Waals surface area contributed by atoms with E-state index in [9.17, 15) is 4.79 Å². The SMILES string of the molecule is O=c1c2ccccc2[nH]c(=S)n1-c1ccc(N=NOc2cccc3ccccc23)cc1. The van der Waals surface area contributed by atoms with Crippen LogP contribution in [0.5, 0.6) is 5.75 Å². The number of benzene rings is 4. The van der Waals surface area contributed by atoms with Crippen LogP contribution in [0, 0.1) is 4.77 Å². The van der Waals surface area contributed by atoms with Crippen molar-refractivity contribution in [1.82, 2.24) is 9.55 Å². The highest BCUT2D eigenvalue weighted by molar-refractivity contribution is 7.71. The second-order valence-electron chi connectivity index (χ2n) is 6.88. The number of H-pyrrole nitrogens is 1. The molecule has 0 saturated heterocycles. The van der Waals surface area contributed by atoms with Gasteiger partial charge in [0.05, 0.1) is 22.3 Å². The van der Waals surface area contributed by atoms with Crippen molar-refractivity contribution in [3.05, 3.63) is 106 Å². The van der Waals surface area contributed by atoms with E-state index in [-0.39, 0.29) is 5.56 Å². The highest BCUT2D eigenvalue weighted by atomic mass is 32.1. The van der Waals surface area contributed by atoms with Gasteiger partial charge in [0.15, 0.2) is 10.5 Å². The van der Waals surface area contributed by atoms with Crippen LogP contribution >= 0.6 is 12.2 Å². The van der Waals surface area contributed by atoms with E-state index in [0.29, 0.717) is 32.8 Å². The minimum Gasteiger partial charge on any atom is -0.339 e. The van der Waals surface area contributed by atoms with Crippen molar-refractivity contribution in [2.75, 3.05) is 0 Å². The molecular weight excluding hydrogens is 408 g/mol. The Morgan fingerprint density at radius 2 is 1.52 bits per heavy atom. The van der Waals surface area contributed by atoms with Gasteiger partial charge in [-0.25, -0.2) is 0 Å². The van der Waals surface area contributed by atoms with Gasteiger partial charge in [-0.3, -0.25) is 9.36 Å². The highest BCUT2D eigenvalue weighted by Crippen LogP contribution is 2.26. The van der Waals surface area contributed by atoms with Crippen LogP contribution in [0.3, 0.4) is 0 Å². The molecule has 4 aromatic carbocycles. The van der Waals surface area contributed by atoms with Crippen LogP contribution in [0.25, 0.3) is 27.4 Å². The first-order valence-electron chi connectivity index (χ1n) is 9.61. The summed E-state index contributed by atoms with van der Waals surface area (Å²) in [6, 6.07) is 28.0. The van der Waals surface area contributed by atoms with Crippen LogP contribution in [0.1, 0.15) is 0 Å². The van der Waals surface area contributed by atoms with Crippen LogP contribution in [-0.2, 0) is 0 Å². The molecule has 1 heterocycles. The first kappa shape index (κ1) is 18.9.